The van der Waals surface area contributed by atoms with Crippen molar-refractivity contribution in [1.82, 2.24) is 4.90 Å². The Balaban J connectivity index is 1.66. The molecule has 0 N–H and O–H groups in total. The summed E-state index contributed by atoms with van der Waals surface area (Å²) in [5.74, 6) is 1.27. The Hall–Kier alpha value is -0.990. The highest BCUT2D eigenvalue weighted by atomic mass is 16.6. The molecule has 0 aromatic rings. The van der Waals surface area contributed by atoms with Crippen LogP contribution >= 0.6 is 0 Å². The number of rotatable bonds is 2. The van der Waals surface area contributed by atoms with Crippen LogP contribution in [0.25, 0.3) is 0 Å². The zero-order valence-corrected chi connectivity index (χ0v) is 11.1. The fourth-order valence-electron chi connectivity index (χ4n) is 4.04. The lowest BCUT2D eigenvalue weighted by atomic mass is 9.84. The molecule has 3 heteroatoms. The van der Waals surface area contributed by atoms with Crippen molar-refractivity contribution in [1.29, 1.82) is 0 Å². The number of hydrogen-bond donors (Lipinski definition) is 0. The number of fused-ring (bicyclic) bond motifs is 2. The summed E-state index contributed by atoms with van der Waals surface area (Å²) in [5, 5.41) is 0. The summed E-state index contributed by atoms with van der Waals surface area (Å²) in [6.07, 6.45) is 9.98. The summed E-state index contributed by atoms with van der Waals surface area (Å²) in [6.45, 7) is 5.66. The number of nitrogens with zero attached hydrogens (tertiary/aromatic N) is 1. The first-order valence-corrected chi connectivity index (χ1v) is 7.35. The molecule has 1 heterocycles. The van der Waals surface area contributed by atoms with E-state index in [-0.39, 0.29) is 11.7 Å². The van der Waals surface area contributed by atoms with Crippen LogP contribution in [0.15, 0.2) is 12.7 Å². The first-order chi connectivity index (χ1) is 8.73. The number of ether oxygens (including phenoxy) is 1. The van der Waals surface area contributed by atoms with E-state index >= 15 is 0 Å². The van der Waals surface area contributed by atoms with Crippen LogP contribution in [0.1, 0.15) is 44.9 Å². The van der Waals surface area contributed by atoms with Crippen LogP contribution in [0.2, 0.25) is 0 Å². The Kier molecular flexibility index (Phi) is 3.08. The van der Waals surface area contributed by atoms with Crippen molar-refractivity contribution in [2.24, 2.45) is 11.8 Å². The zero-order chi connectivity index (χ0) is 12.6. The maximum absolute atomic E-state index is 12.3. The van der Waals surface area contributed by atoms with E-state index in [1.807, 2.05) is 11.0 Å². The molecule has 2 aliphatic carbocycles. The van der Waals surface area contributed by atoms with E-state index in [4.69, 9.17) is 4.74 Å². The Bertz CT molecular complexity index is 348. The number of carbonyl (C=O) groups is 1. The highest BCUT2D eigenvalue weighted by Gasteiger charge is 2.52. The molecule has 100 valence electrons. The molecule has 2 saturated carbocycles. The SMILES string of the molecule is C=CC1(OC(=O)N2CCCCC2)CC2CCC1C2. The molecule has 18 heavy (non-hydrogen) atoms. The van der Waals surface area contributed by atoms with Crippen molar-refractivity contribution >= 4 is 6.09 Å². The molecule has 3 aliphatic rings. The Morgan fingerprint density at radius 1 is 1.28 bits per heavy atom. The average Bonchev–Trinajstić information content (AvgIpc) is 3.00. The largest absolute Gasteiger partial charge is 0.438 e. The number of amides is 1. The van der Waals surface area contributed by atoms with Crippen LogP contribution < -0.4 is 0 Å². The first kappa shape index (κ1) is 12.1. The van der Waals surface area contributed by atoms with E-state index in [0.717, 1.165) is 38.3 Å². The van der Waals surface area contributed by atoms with Crippen molar-refractivity contribution in [3.8, 4) is 0 Å². The van der Waals surface area contributed by atoms with E-state index in [2.05, 4.69) is 6.58 Å². The second-order valence-corrected chi connectivity index (χ2v) is 6.15. The molecular weight excluding hydrogens is 226 g/mol. The van der Waals surface area contributed by atoms with Crippen molar-refractivity contribution in [2.45, 2.75) is 50.5 Å². The summed E-state index contributed by atoms with van der Waals surface area (Å²) >= 11 is 0. The topological polar surface area (TPSA) is 29.5 Å². The number of piperidine rings is 1. The Morgan fingerprint density at radius 3 is 2.61 bits per heavy atom. The molecule has 1 amide bonds. The monoisotopic (exact) mass is 249 g/mol. The summed E-state index contributed by atoms with van der Waals surface area (Å²) in [6, 6.07) is 0. The van der Waals surface area contributed by atoms with Crippen LogP contribution in [0.4, 0.5) is 4.79 Å². The fraction of sp³-hybridized carbons (Fsp3) is 0.800. The molecule has 0 radical (unpaired) electrons. The van der Waals surface area contributed by atoms with Crippen LogP contribution in [-0.4, -0.2) is 29.7 Å². The van der Waals surface area contributed by atoms with Crippen LogP contribution in [0.3, 0.4) is 0 Å². The molecule has 0 aromatic heterocycles. The minimum Gasteiger partial charge on any atom is -0.438 e. The summed E-state index contributed by atoms with van der Waals surface area (Å²) in [4.78, 5) is 14.1. The normalized spacial score (nSPS) is 38.8. The van der Waals surface area contributed by atoms with E-state index in [0.29, 0.717) is 5.92 Å². The third-order valence-electron chi connectivity index (χ3n) is 5.08. The Morgan fingerprint density at radius 2 is 2.06 bits per heavy atom. The third-order valence-corrected chi connectivity index (χ3v) is 5.08. The molecule has 0 aromatic carbocycles. The van der Waals surface area contributed by atoms with Crippen LogP contribution in [0, 0.1) is 11.8 Å². The summed E-state index contributed by atoms with van der Waals surface area (Å²) < 4.78 is 5.89. The van der Waals surface area contributed by atoms with Gasteiger partial charge in [-0.15, -0.1) is 0 Å². The lowest BCUT2D eigenvalue weighted by Gasteiger charge is -2.37. The lowest BCUT2D eigenvalue weighted by Crippen LogP contribution is -2.44. The van der Waals surface area contributed by atoms with E-state index in [1.165, 1.54) is 25.7 Å². The molecule has 1 saturated heterocycles. The van der Waals surface area contributed by atoms with E-state index < -0.39 is 0 Å². The highest BCUT2D eigenvalue weighted by molar-refractivity contribution is 5.68. The maximum atomic E-state index is 12.3. The second-order valence-electron chi connectivity index (χ2n) is 6.15. The number of likely N-dealkylation sites (tertiary alicyclic amines) is 1. The van der Waals surface area contributed by atoms with Crippen molar-refractivity contribution in [3.05, 3.63) is 12.7 Å². The van der Waals surface area contributed by atoms with Gasteiger partial charge in [0.25, 0.3) is 0 Å². The molecular formula is C15H23NO2. The number of carbonyl (C=O) groups excluding carboxylic acids is 1. The molecule has 3 fully saturated rings. The fourth-order valence-corrected chi connectivity index (χ4v) is 4.04. The molecule has 1 aliphatic heterocycles. The smallest absolute Gasteiger partial charge is 0.410 e. The van der Waals surface area contributed by atoms with Gasteiger partial charge in [-0.3, -0.25) is 0 Å². The second kappa shape index (κ2) is 4.60. The molecule has 3 unspecified atom stereocenters. The van der Waals surface area contributed by atoms with Gasteiger partial charge in [-0.05, 0) is 56.9 Å². The van der Waals surface area contributed by atoms with Gasteiger partial charge in [0.15, 0.2) is 0 Å². The van der Waals surface area contributed by atoms with Gasteiger partial charge in [0.05, 0.1) is 0 Å². The van der Waals surface area contributed by atoms with Gasteiger partial charge in [0.2, 0.25) is 0 Å². The minimum absolute atomic E-state index is 0.109. The molecule has 3 atom stereocenters. The standard InChI is InChI=1S/C15H23NO2/c1-2-15(11-12-6-7-13(15)10-12)18-14(17)16-8-4-3-5-9-16/h2,12-13H,1,3-11H2. The maximum Gasteiger partial charge on any atom is 0.410 e. The van der Waals surface area contributed by atoms with Gasteiger partial charge in [-0.1, -0.05) is 6.58 Å². The van der Waals surface area contributed by atoms with Crippen molar-refractivity contribution in [3.63, 3.8) is 0 Å². The molecule has 3 nitrogen and oxygen atoms in total. The zero-order valence-electron chi connectivity index (χ0n) is 11.1. The average molecular weight is 249 g/mol. The van der Waals surface area contributed by atoms with E-state index in [1.54, 1.807) is 0 Å². The lowest BCUT2D eigenvalue weighted by molar-refractivity contribution is -0.0145. The van der Waals surface area contributed by atoms with E-state index in [9.17, 15) is 4.79 Å². The molecule has 3 rings (SSSR count). The quantitative estimate of drug-likeness (QED) is 0.702. The van der Waals surface area contributed by atoms with Crippen molar-refractivity contribution < 1.29 is 9.53 Å². The molecule has 0 spiro atoms. The van der Waals surface area contributed by atoms with Gasteiger partial charge in [0, 0.05) is 19.0 Å². The van der Waals surface area contributed by atoms with Crippen molar-refractivity contribution in [2.75, 3.05) is 13.1 Å². The van der Waals surface area contributed by atoms with Gasteiger partial charge < -0.3 is 9.64 Å². The van der Waals surface area contributed by atoms with Gasteiger partial charge >= 0.3 is 6.09 Å². The van der Waals surface area contributed by atoms with Crippen LogP contribution in [0.5, 0.6) is 0 Å². The number of hydrogen-bond acceptors (Lipinski definition) is 2. The van der Waals surface area contributed by atoms with Gasteiger partial charge in [-0.25, -0.2) is 4.79 Å². The Labute approximate surface area is 109 Å². The summed E-state index contributed by atoms with van der Waals surface area (Å²) in [5.41, 5.74) is -0.350. The van der Waals surface area contributed by atoms with Gasteiger partial charge in [0.1, 0.15) is 5.60 Å². The first-order valence-electron chi connectivity index (χ1n) is 7.35. The highest BCUT2D eigenvalue weighted by Crippen LogP contribution is 2.53. The van der Waals surface area contributed by atoms with Crippen LogP contribution in [-0.2, 0) is 4.74 Å². The summed E-state index contributed by atoms with van der Waals surface area (Å²) in [7, 11) is 0. The van der Waals surface area contributed by atoms with Gasteiger partial charge in [-0.2, -0.15) is 0 Å². The predicted octanol–water partition coefficient (Wildman–Crippen LogP) is 3.35. The predicted molar refractivity (Wildman–Crippen MR) is 70.3 cm³/mol. The third kappa shape index (κ3) is 1.94. The minimum atomic E-state index is -0.350. The molecule has 2 bridgehead atoms.